The van der Waals surface area contributed by atoms with Crippen molar-refractivity contribution in [2.45, 2.75) is 26.3 Å². The van der Waals surface area contributed by atoms with Gasteiger partial charge in [0.2, 0.25) is 0 Å². The molecule has 110 valence electrons. The average molecular weight is 301 g/mol. The normalized spacial score (nSPS) is 17.2. The molecule has 1 aromatic rings. The van der Waals surface area contributed by atoms with Crippen molar-refractivity contribution in [3.05, 3.63) is 52.3 Å². The zero-order valence-corrected chi connectivity index (χ0v) is 13.1. The third kappa shape index (κ3) is 4.04. The number of pyridine rings is 1. The van der Waals surface area contributed by atoms with Crippen LogP contribution in [0.25, 0.3) is 0 Å². The zero-order valence-electron chi connectivity index (χ0n) is 12.3. The minimum atomic E-state index is 0.504. The first-order valence-corrected chi connectivity index (χ1v) is 8.13. The standard InChI is InChI=1S/C16H19N3OS/c1-3-13-6-7-14(11-20)15(19-16(13)21-2)18-10-12-5-4-8-17-9-12/h4-5,7-9,11H,3,6,10H2,1-2H3,(H,18,19). The van der Waals surface area contributed by atoms with E-state index in [1.165, 1.54) is 5.57 Å². The molecule has 0 saturated carbocycles. The maximum atomic E-state index is 11.3. The molecule has 0 aliphatic carbocycles. The molecule has 0 spiro atoms. The summed E-state index contributed by atoms with van der Waals surface area (Å²) in [6.45, 7) is 2.63. The molecule has 0 bridgehead atoms. The summed E-state index contributed by atoms with van der Waals surface area (Å²) in [5, 5.41) is 4.40. The van der Waals surface area contributed by atoms with Crippen LogP contribution in [0.3, 0.4) is 0 Å². The van der Waals surface area contributed by atoms with Gasteiger partial charge < -0.3 is 5.32 Å². The van der Waals surface area contributed by atoms with Gasteiger partial charge in [0.15, 0.2) is 6.29 Å². The van der Waals surface area contributed by atoms with Crippen LogP contribution < -0.4 is 5.32 Å². The Balaban J connectivity index is 2.26. The second-order valence-electron chi connectivity index (χ2n) is 4.62. The average Bonchev–Trinajstić information content (AvgIpc) is 2.72. The largest absolute Gasteiger partial charge is 0.335 e. The lowest BCUT2D eigenvalue weighted by Crippen LogP contribution is -2.24. The third-order valence-electron chi connectivity index (χ3n) is 3.30. The van der Waals surface area contributed by atoms with Crippen molar-refractivity contribution in [1.82, 2.24) is 10.3 Å². The van der Waals surface area contributed by atoms with Crippen LogP contribution in [0.1, 0.15) is 25.3 Å². The van der Waals surface area contributed by atoms with Gasteiger partial charge in [-0.15, -0.1) is 11.8 Å². The number of thioether (sulfide) groups is 1. The number of allylic oxidation sites excluding steroid dienone is 2. The number of rotatable bonds is 5. The fourth-order valence-electron chi connectivity index (χ4n) is 2.09. The van der Waals surface area contributed by atoms with Crippen LogP contribution >= 0.6 is 11.8 Å². The number of carbonyl (C=O) groups excluding carboxylic acids is 1. The fourth-order valence-corrected chi connectivity index (χ4v) is 2.80. The van der Waals surface area contributed by atoms with E-state index in [4.69, 9.17) is 0 Å². The Labute approximate surface area is 129 Å². The highest BCUT2D eigenvalue weighted by Crippen LogP contribution is 2.23. The van der Waals surface area contributed by atoms with Crippen molar-refractivity contribution in [2.24, 2.45) is 4.99 Å². The Kier molecular flexibility index (Phi) is 5.75. The second-order valence-corrected chi connectivity index (χ2v) is 5.44. The van der Waals surface area contributed by atoms with Crippen molar-refractivity contribution < 1.29 is 4.79 Å². The smallest absolute Gasteiger partial charge is 0.153 e. The van der Waals surface area contributed by atoms with Gasteiger partial charge in [-0.05, 0) is 36.3 Å². The number of aromatic nitrogens is 1. The molecule has 2 rings (SSSR count). The number of nitrogens with one attached hydrogen (secondary N) is 1. The highest BCUT2D eigenvalue weighted by molar-refractivity contribution is 8.02. The Morgan fingerprint density at radius 1 is 1.52 bits per heavy atom. The monoisotopic (exact) mass is 301 g/mol. The van der Waals surface area contributed by atoms with E-state index in [1.807, 2.05) is 24.5 Å². The van der Waals surface area contributed by atoms with Crippen LogP contribution in [-0.2, 0) is 11.3 Å². The summed E-state index contributed by atoms with van der Waals surface area (Å²) in [4.78, 5) is 19.9. The highest BCUT2D eigenvalue weighted by Gasteiger charge is 2.15. The molecule has 1 aliphatic heterocycles. The van der Waals surface area contributed by atoms with E-state index in [1.54, 1.807) is 24.2 Å². The van der Waals surface area contributed by atoms with Gasteiger partial charge in [-0.25, -0.2) is 0 Å². The lowest BCUT2D eigenvalue weighted by molar-refractivity contribution is -0.104. The van der Waals surface area contributed by atoms with Gasteiger partial charge in [0.05, 0.1) is 17.1 Å². The molecule has 0 radical (unpaired) electrons. The summed E-state index contributed by atoms with van der Waals surface area (Å²) in [6.07, 6.45) is 10.1. The van der Waals surface area contributed by atoms with Crippen molar-refractivity contribution in [2.75, 3.05) is 6.26 Å². The molecular weight excluding hydrogens is 282 g/mol. The minimum absolute atomic E-state index is 0.504. The first-order valence-electron chi connectivity index (χ1n) is 6.90. The highest BCUT2D eigenvalue weighted by atomic mass is 32.2. The number of amidine groups is 1. The summed E-state index contributed by atoms with van der Waals surface area (Å²) in [6, 6.07) is 3.86. The van der Waals surface area contributed by atoms with Gasteiger partial charge in [-0.1, -0.05) is 19.1 Å². The Hall–Kier alpha value is -1.88. The molecule has 0 saturated heterocycles. The maximum absolute atomic E-state index is 11.3. The molecule has 0 unspecified atom stereocenters. The predicted octanol–water partition coefficient (Wildman–Crippen LogP) is 3.08. The first kappa shape index (κ1) is 15.5. The Bertz CT molecular complexity index is 591. The van der Waals surface area contributed by atoms with Crippen molar-refractivity contribution in [3.8, 4) is 0 Å². The molecule has 0 fully saturated rings. The number of hydrogen-bond donors (Lipinski definition) is 1. The zero-order chi connectivity index (χ0) is 15.1. The van der Waals surface area contributed by atoms with Crippen LogP contribution in [0, 0.1) is 0 Å². The van der Waals surface area contributed by atoms with Gasteiger partial charge >= 0.3 is 0 Å². The van der Waals surface area contributed by atoms with Crippen LogP contribution in [0.4, 0.5) is 0 Å². The van der Waals surface area contributed by atoms with E-state index in [-0.39, 0.29) is 0 Å². The molecule has 4 nitrogen and oxygen atoms in total. The summed E-state index contributed by atoms with van der Waals surface area (Å²) >= 11 is 1.66. The predicted molar refractivity (Wildman–Crippen MR) is 88.1 cm³/mol. The second kappa shape index (κ2) is 7.78. The number of carbonyl (C=O) groups is 1. The van der Waals surface area contributed by atoms with Crippen LogP contribution in [0.15, 0.2) is 51.8 Å². The number of nitrogens with zero attached hydrogens (tertiary/aromatic N) is 2. The molecule has 5 heteroatoms. The molecule has 21 heavy (non-hydrogen) atoms. The van der Waals surface area contributed by atoms with Crippen LogP contribution in [0.5, 0.6) is 0 Å². The number of hydrogen-bond acceptors (Lipinski definition) is 4. The minimum Gasteiger partial charge on any atom is -0.335 e. The molecule has 2 heterocycles. The summed E-state index contributed by atoms with van der Waals surface area (Å²) in [5.41, 5.74) is 2.94. The molecule has 0 aromatic carbocycles. The molecule has 1 N–H and O–H groups in total. The summed E-state index contributed by atoms with van der Waals surface area (Å²) < 4.78 is 0. The van der Waals surface area contributed by atoms with E-state index in [2.05, 4.69) is 22.2 Å². The molecule has 0 atom stereocenters. The van der Waals surface area contributed by atoms with E-state index >= 15 is 0 Å². The van der Waals surface area contributed by atoms with Crippen molar-refractivity contribution in [3.63, 3.8) is 0 Å². The van der Waals surface area contributed by atoms with Gasteiger partial charge in [0, 0.05) is 12.4 Å². The molecule has 1 aliphatic rings. The lowest BCUT2D eigenvalue weighted by atomic mass is 10.1. The number of aldehydes is 1. The van der Waals surface area contributed by atoms with Crippen LogP contribution in [-0.4, -0.2) is 23.4 Å². The van der Waals surface area contributed by atoms with E-state index < -0.39 is 0 Å². The molecular formula is C16H19N3OS. The van der Waals surface area contributed by atoms with Crippen molar-refractivity contribution in [1.29, 1.82) is 0 Å². The maximum Gasteiger partial charge on any atom is 0.153 e. The third-order valence-corrected chi connectivity index (χ3v) is 4.09. The van der Waals surface area contributed by atoms with Crippen LogP contribution in [0.2, 0.25) is 0 Å². The van der Waals surface area contributed by atoms with Gasteiger partial charge in [0.1, 0.15) is 5.84 Å². The first-order chi connectivity index (χ1) is 10.3. The lowest BCUT2D eigenvalue weighted by Gasteiger charge is -2.12. The van der Waals surface area contributed by atoms with Gasteiger partial charge in [-0.2, -0.15) is 0 Å². The fraction of sp³-hybridized carbons (Fsp3) is 0.312. The summed E-state index contributed by atoms with van der Waals surface area (Å²) in [5.74, 6) is 0.640. The number of aliphatic imine (C=N–C) groups is 1. The SMILES string of the molecule is CCC1=C(SC)NC(=NCc2cccnc2)C(C=O)=CC1. The topological polar surface area (TPSA) is 54.4 Å². The van der Waals surface area contributed by atoms with E-state index in [0.717, 1.165) is 29.7 Å². The van der Waals surface area contributed by atoms with Gasteiger partial charge in [-0.3, -0.25) is 14.8 Å². The van der Waals surface area contributed by atoms with E-state index in [9.17, 15) is 4.79 Å². The van der Waals surface area contributed by atoms with Gasteiger partial charge in [0.25, 0.3) is 0 Å². The van der Waals surface area contributed by atoms with Crippen molar-refractivity contribution >= 4 is 23.9 Å². The summed E-state index contributed by atoms with van der Waals surface area (Å²) in [7, 11) is 0. The Morgan fingerprint density at radius 2 is 2.38 bits per heavy atom. The Morgan fingerprint density at radius 3 is 3.00 bits per heavy atom. The quantitative estimate of drug-likeness (QED) is 0.849. The van der Waals surface area contributed by atoms with E-state index in [0.29, 0.717) is 18.0 Å². The molecule has 0 amide bonds. The molecule has 1 aromatic heterocycles.